The Balaban J connectivity index is 2.39. The lowest BCUT2D eigenvalue weighted by molar-refractivity contribution is -0.149. The van der Waals surface area contributed by atoms with Gasteiger partial charge in [0.15, 0.2) is 0 Å². The number of hydrogen-bond donors (Lipinski definition) is 1. The third kappa shape index (κ3) is 2.99. The van der Waals surface area contributed by atoms with E-state index in [0.29, 0.717) is 5.41 Å². The van der Waals surface area contributed by atoms with Crippen molar-refractivity contribution in [2.24, 2.45) is 22.7 Å². The van der Waals surface area contributed by atoms with Gasteiger partial charge < -0.3 is 5.11 Å². The van der Waals surface area contributed by atoms with Gasteiger partial charge in [0.05, 0.1) is 5.60 Å². The molecule has 0 aromatic heterocycles. The fourth-order valence-corrected chi connectivity index (χ4v) is 5.33. The van der Waals surface area contributed by atoms with Crippen LogP contribution in [0.3, 0.4) is 0 Å². The standard InChI is InChI=1S/C20H34O/c1-7-15(2)9-10-17-19(5)13-8-12-18(3,4)16(19)11-14-20(17,6)21/h7,9-10,16-17,21H,8,11-14H2,1-6H3/b10-9-,15-7+/t16-,17+,19-,20+/m0/s1. The van der Waals surface area contributed by atoms with Crippen molar-refractivity contribution in [3.63, 3.8) is 0 Å². The zero-order valence-corrected chi connectivity index (χ0v) is 14.9. The average molecular weight is 290 g/mol. The molecule has 0 aliphatic heterocycles. The summed E-state index contributed by atoms with van der Waals surface area (Å²) in [4.78, 5) is 0. The summed E-state index contributed by atoms with van der Waals surface area (Å²) in [6, 6.07) is 0. The molecule has 0 unspecified atom stereocenters. The lowest BCUT2D eigenvalue weighted by Gasteiger charge is -2.60. The normalized spacial score (nSPS) is 43.9. The molecular weight excluding hydrogens is 256 g/mol. The zero-order valence-electron chi connectivity index (χ0n) is 14.9. The first-order valence-electron chi connectivity index (χ1n) is 8.67. The van der Waals surface area contributed by atoms with Crippen molar-refractivity contribution < 1.29 is 5.11 Å². The molecule has 0 spiro atoms. The quantitative estimate of drug-likeness (QED) is 0.665. The lowest BCUT2D eigenvalue weighted by Crippen LogP contribution is -2.56. The van der Waals surface area contributed by atoms with Crippen LogP contribution in [0.2, 0.25) is 0 Å². The van der Waals surface area contributed by atoms with E-state index in [9.17, 15) is 5.11 Å². The van der Waals surface area contributed by atoms with Crippen LogP contribution in [-0.2, 0) is 0 Å². The summed E-state index contributed by atoms with van der Waals surface area (Å²) in [6.07, 6.45) is 12.6. The first-order chi connectivity index (χ1) is 9.63. The Kier molecular flexibility index (Phi) is 4.46. The molecule has 0 aromatic rings. The molecule has 1 heteroatoms. The molecule has 2 aliphatic carbocycles. The van der Waals surface area contributed by atoms with Crippen molar-refractivity contribution in [3.8, 4) is 0 Å². The highest BCUT2D eigenvalue weighted by atomic mass is 16.3. The van der Waals surface area contributed by atoms with Gasteiger partial charge in [0.2, 0.25) is 0 Å². The molecule has 120 valence electrons. The SMILES string of the molecule is C/C=C(C)/C=C\[C@@H]1[C@@]2(C)CCCC(C)(C)[C@@H]2CC[C@@]1(C)O. The minimum absolute atomic E-state index is 0.230. The van der Waals surface area contributed by atoms with Gasteiger partial charge in [-0.15, -0.1) is 0 Å². The number of allylic oxidation sites excluding steroid dienone is 3. The molecule has 2 rings (SSSR count). The minimum Gasteiger partial charge on any atom is -0.390 e. The molecule has 21 heavy (non-hydrogen) atoms. The summed E-state index contributed by atoms with van der Waals surface area (Å²) in [6.45, 7) is 13.6. The van der Waals surface area contributed by atoms with Gasteiger partial charge in [-0.1, -0.05) is 51.0 Å². The van der Waals surface area contributed by atoms with Gasteiger partial charge in [0, 0.05) is 5.92 Å². The highest BCUT2D eigenvalue weighted by Crippen LogP contribution is 2.62. The van der Waals surface area contributed by atoms with E-state index in [1.807, 2.05) is 0 Å². The smallest absolute Gasteiger partial charge is 0.0687 e. The molecule has 0 bridgehead atoms. The highest BCUT2D eigenvalue weighted by Gasteiger charge is 2.56. The topological polar surface area (TPSA) is 20.2 Å². The van der Waals surface area contributed by atoms with E-state index in [-0.39, 0.29) is 11.3 Å². The van der Waals surface area contributed by atoms with Gasteiger partial charge in [0.25, 0.3) is 0 Å². The van der Waals surface area contributed by atoms with Crippen molar-refractivity contribution in [1.82, 2.24) is 0 Å². The Labute approximate surface area is 131 Å². The molecule has 2 saturated carbocycles. The van der Waals surface area contributed by atoms with Crippen molar-refractivity contribution in [2.75, 3.05) is 0 Å². The van der Waals surface area contributed by atoms with Gasteiger partial charge >= 0.3 is 0 Å². The molecule has 4 atom stereocenters. The average Bonchev–Trinajstić information content (AvgIpc) is 2.35. The van der Waals surface area contributed by atoms with E-state index in [1.165, 1.54) is 31.3 Å². The van der Waals surface area contributed by atoms with E-state index >= 15 is 0 Å². The lowest BCUT2D eigenvalue weighted by atomic mass is 9.45. The van der Waals surface area contributed by atoms with Crippen LogP contribution in [0.5, 0.6) is 0 Å². The van der Waals surface area contributed by atoms with E-state index in [0.717, 1.165) is 12.3 Å². The number of hydrogen-bond acceptors (Lipinski definition) is 1. The summed E-state index contributed by atoms with van der Waals surface area (Å²) in [5.74, 6) is 0.984. The third-order valence-corrected chi connectivity index (χ3v) is 6.60. The Morgan fingerprint density at radius 1 is 1.10 bits per heavy atom. The molecule has 1 N–H and O–H groups in total. The summed E-state index contributed by atoms with van der Waals surface area (Å²) in [5.41, 5.74) is 1.36. The van der Waals surface area contributed by atoms with Crippen LogP contribution in [0.1, 0.15) is 73.6 Å². The highest BCUT2D eigenvalue weighted by molar-refractivity contribution is 5.21. The van der Waals surface area contributed by atoms with Crippen molar-refractivity contribution in [1.29, 1.82) is 0 Å². The van der Waals surface area contributed by atoms with Gasteiger partial charge in [-0.3, -0.25) is 0 Å². The van der Waals surface area contributed by atoms with Gasteiger partial charge in [0.1, 0.15) is 0 Å². The van der Waals surface area contributed by atoms with Crippen LogP contribution in [0.15, 0.2) is 23.8 Å². The molecule has 0 radical (unpaired) electrons. The van der Waals surface area contributed by atoms with Crippen LogP contribution in [-0.4, -0.2) is 10.7 Å². The second-order valence-corrected chi connectivity index (χ2v) is 8.67. The van der Waals surface area contributed by atoms with E-state index in [2.05, 4.69) is 59.8 Å². The van der Waals surface area contributed by atoms with Crippen molar-refractivity contribution >= 4 is 0 Å². The summed E-state index contributed by atoms with van der Waals surface area (Å²) < 4.78 is 0. The Morgan fingerprint density at radius 3 is 2.38 bits per heavy atom. The molecular formula is C20H34O. The Hall–Kier alpha value is -0.560. The largest absolute Gasteiger partial charge is 0.390 e. The predicted molar refractivity (Wildman–Crippen MR) is 91.1 cm³/mol. The van der Waals surface area contributed by atoms with E-state index in [4.69, 9.17) is 0 Å². The van der Waals surface area contributed by atoms with Crippen LogP contribution in [0, 0.1) is 22.7 Å². The molecule has 0 heterocycles. The molecule has 0 aromatic carbocycles. The maximum atomic E-state index is 11.0. The fraction of sp³-hybridized carbons (Fsp3) is 0.800. The van der Waals surface area contributed by atoms with Crippen molar-refractivity contribution in [3.05, 3.63) is 23.8 Å². The van der Waals surface area contributed by atoms with Crippen LogP contribution in [0.4, 0.5) is 0 Å². The Morgan fingerprint density at radius 2 is 1.76 bits per heavy atom. The number of aliphatic hydroxyl groups is 1. The monoisotopic (exact) mass is 290 g/mol. The van der Waals surface area contributed by atoms with E-state index < -0.39 is 5.60 Å². The summed E-state index contributed by atoms with van der Waals surface area (Å²) >= 11 is 0. The molecule has 2 aliphatic rings. The van der Waals surface area contributed by atoms with Gasteiger partial charge in [-0.2, -0.15) is 0 Å². The van der Waals surface area contributed by atoms with E-state index in [1.54, 1.807) is 0 Å². The predicted octanol–water partition coefficient (Wildman–Crippen LogP) is 5.50. The Bertz CT molecular complexity index is 441. The second kappa shape index (κ2) is 5.57. The molecule has 0 saturated heterocycles. The first kappa shape index (κ1) is 16.8. The maximum absolute atomic E-state index is 11.0. The third-order valence-electron chi connectivity index (χ3n) is 6.60. The summed E-state index contributed by atoms with van der Waals surface area (Å²) in [5, 5.41) is 11.0. The minimum atomic E-state index is -0.566. The van der Waals surface area contributed by atoms with Crippen LogP contribution in [0.25, 0.3) is 0 Å². The zero-order chi connectivity index (χ0) is 15.9. The molecule has 2 fully saturated rings. The fourth-order valence-electron chi connectivity index (χ4n) is 5.33. The van der Waals surface area contributed by atoms with Crippen LogP contribution < -0.4 is 0 Å². The maximum Gasteiger partial charge on any atom is 0.0687 e. The number of fused-ring (bicyclic) bond motifs is 1. The number of rotatable bonds is 2. The van der Waals surface area contributed by atoms with Gasteiger partial charge in [-0.05, 0) is 63.2 Å². The van der Waals surface area contributed by atoms with Gasteiger partial charge in [-0.25, -0.2) is 0 Å². The van der Waals surface area contributed by atoms with Crippen molar-refractivity contribution in [2.45, 2.75) is 79.2 Å². The molecule has 1 nitrogen and oxygen atoms in total. The first-order valence-corrected chi connectivity index (χ1v) is 8.67. The second-order valence-electron chi connectivity index (χ2n) is 8.67. The summed E-state index contributed by atoms with van der Waals surface area (Å²) in [7, 11) is 0. The van der Waals surface area contributed by atoms with Crippen LogP contribution >= 0.6 is 0 Å². The molecule has 0 amide bonds.